The standard InChI is InChI=1S/C11H19N3O4S/c1-10(2,3)19(17,18)14-6-4-11(5-7-14)8(15)12-9(16)13-11/h4-7H2,1-3H3,(H2,12,13,15,16). The fourth-order valence-electron chi connectivity index (χ4n) is 2.38. The Balaban J connectivity index is 2.13. The Bertz CT molecular complexity index is 513. The van der Waals surface area contributed by atoms with E-state index >= 15 is 0 Å². The van der Waals surface area contributed by atoms with Gasteiger partial charge < -0.3 is 5.32 Å². The summed E-state index contributed by atoms with van der Waals surface area (Å²) in [5.41, 5.74) is -0.930. The number of amides is 3. The summed E-state index contributed by atoms with van der Waals surface area (Å²) in [7, 11) is -3.39. The van der Waals surface area contributed by atoms with Crippen molar-refractivity contribution in [3.05, 3.63) is 0 Å². The zero-order valence-corrected chi connectivity index (χ0v) is 12.1. The summed E-state index contributed by atoms with van der Waals surface area (Å²) in [5.74, 6) is -0.356. The Morgan fingerprint density at radius 1 is 1.16 bits per heavy atom. The first kappa shape index (κ1) is 14.3. The van der Waals surface area contributed by atoms with E-state index in [1.807, 2.05) is 0 Å². The SMILES string of the molecule is CC(C)(C)S(=O)(=O)N1CCC2(CC1)NC(=O)NC2=O. The van der Waals surface area contributed by atoms with Crippen molar-refractivity contribution in [2.75, 3.05) is 13.1 Å². The van der Waals surface area contributed by atoms with Gasteiger partial charge in [0.2, 0.25) is 10.0 Å². The first-order valence-corrected chi connectivity index (χ1v) is 7.66. The van der Waals surface area contributed by atoms with E-state index in [0.717, 1.165) is 0 Å². The molecule has 1 spiro atoms. The summed E-state index contributed by atoms with van der Waals surface area (Å²) in [5, 5.41) is 4.81. The van der Waals surface area contributed by atoms with E-state index in [9.17, 15) is 18.0 Å². The van der Waals surface area contributed by atoms with Gasteiger partial charge in [0.15, 0.2) is 0 Å². The van der Waals surface area contributed by atoms with Gasteiger partial charge >= 0.3 is 6.03 Å². The monoisotopic (exact) mass is 289 g/mol. The number of sulfonamides is 1. The predicted octanol–water partition coefficient (Wildman–Crippen LogP) is -0.211. The first-order chi connectivity index (χ1) is 8.58. The molecular formula is C11H19N3O4S. The molecule has 3 amide bonds. The van der Waals surface area contributed by atoms with Crippen LogP contribution in [0, 0.1) is 0 Å². The van der Waals surface area contributed by atoms with Crippen LogP contribution in [0.25, 0.3) is 0 Å². The molecule has 2 fully saturated rings. The molecule has 0 bridgehead atoms. The maximum atomic E-state index is 12.3. The van der Waals surface area contributed by atoms with Crippen molar-refractivity contribution in [1.29, 1.82) is 0 Å². The number of rotatable bonds is 1. The van der Waals surface area contributed by atoms with Crippen molar-refractivity contribution in [2.45, 2.75) is 43.9 Å². The number of urea groups is 1. The molecule has 19 heavy (non-hydrogen) atoms. The van der Waals surface area contributed by atoms with Crippen LogP contribution in [0.4, 0.5) is 4.79 Å². The fourth-order valence-corrected chi connectivity index (χ4v) is 3.81. The average Bonchev–Trinajstić information content (AvgIpc) is 2.53. The molecule has 0 aliphatic carbocycles. The number of nitrogens with zero attached hydrogens (tertiary/aromatic N) is 1. The van der Waals surface area contributed by atoms with Crippen LogP contribution in [0.2, 0.25) is 0 Å². The molecule has 0 saturated carbocycles. The minimum atomic E-state index is -3.39. The lowest BCUT2D eigenvalue weighted by molar-refractivity contribution is -0.125. The molecule has 0 aromatic carbocycles. The van der Waals surface area contributed by atoms with Gasteiger partial charge in [0, 0.05) is 13.1 Å². The highest BCUT2D eigenvalue weighted by atomic mass is 32.2. The lowest BCUT2D eigenvalue weighted by Gasteiger charge is -2.38. The molecule has 2 aliphatic heterocycles. The van der Waals surface area contributed by atoms with E-state index in [-0.39, 0.29) is 19.0 Å². The van der Waals surface area contributed by atoms with Crippen molar-refractivity contribution in [1.82, 2.24) is 14.9 Å². The molecule has 8 heteroatoms. The van der Waals surface area contributed by atoms with Crippen LogP contribution in [-0.2, 0) is 14.8 Å². The van der Waals surface area contributed by atoms with Crippen molar-refractivity contribution in [3.8, 4) is 0 Å². The van der Waals surface area contributed by atoms with E-state index < -0.39 is 26.3 Å². The predicted molar refractivity (Wildman–Crippen MR) is 68.9 cm³/mol. The number of hydrogen-bond acceptors (Lipinski definition) is 4. The summed E-state index contributed by atoms with van der Waals surface area (Å²) in [6.07, 6.45) is 0.611. The Hall–Kier alpha value is -1.15. The molecule has 0 aromatic rings. The van der Waals surface area contributed by atoms with E-state index in [1.54, 1.807) is 20.8 Å². The third-order valence-electron chi connectivity index (χ3n) is 3.70. The van der Waals surface area contributed by atoms with Crippen LogP contribution in [0.1, 0.15) is 33.6 Å². The Kier molecular flexibility index (Phi) is 3.13. The van der Waals surface area contributed by atoms with E-state index in [4.69, 9.17) is 0 Å². The lowest BCUT2D eigenvalue weighted by atomic mass is 9.89. The molecule has 108 valence electrons. The number of carbonyl (C=O) groups is 2. The van der Waals surface area contributed by atoms with Crippen molar-refractivity contribution < 1.29 is 18.0 Å². The van der Waals surface area contributed by atoms with E-state index in [0.29, 0.717) is 12.8 Å². The smallest absolute Gasteiger partial charge is 0.322 e. The normalized spacial score (nSPS) is 24.4. The van der Waals surface area contributed by atoms with Gasteiger partial charge in [0.25, 0.3) is 5.91 Å². The fraction of sp³-hybridized carbons (Fsp3) is 0.818. The highest BCUT2D eigenvalue weighted by Crippen LogP contribution is 2.30. The molecular weight excluding hydrogens is 270 g/mol. The van der Waals surface area contributed by atoms with Gasteiger partial charge in [-0.3, -0.25) is 10.1 Å². The first-order valence-electron chi connectivity index (χ1n) is 6.22. The van der Waals surface area contributed by atoms with Crippen molar-refractivity contribution >= 4 is 22.0 Å². The summed E-state index contributed by atoms with van der Waals surface area (Å²) in [4.78, 5) is 22.9. The molecule has 2 saturated heterocycles. The Labute approximate surface area is 112 Å². The van der Waals surface area contributed by atoms with E-state index in [2.05, 4.69) is 10.6 Å². The van der Waals surface area contributed by atoms with Crippen LogP contribution < -0.4 is 10.6 Å². The molecule has 0 radical (unpaired) electrons. The molecule has 0 unspecified atom stereocenters. The minimum absolute atomic E-state index is 0.243. The van der Waals surface area contributed by atoms with Gasteiger partial charge in [-0.25, -0.2) is 17.5 Å². The average molecular weight is 289 g/mol. The van der Waals surface area contributed by atoms with Crippen LogP contribution in [0.5, 0.6) is 0 Å². The second kappa shape index (κ2) is 4.17. The summed E-state index contributed by atoms with van der Waals surface area (Å²) in [6, 6.07) is -0.503. The van der Waals surface area contributed by atoms with Gasteiger partial charge in [-0.1, -0.05) is 0 Å². The third kappa shape index (κ3) is 2.23. The summed E-state index contributed by atoms with van der Waals surface area (Å²) >= 11 is 0. The lowest BCUT2D eigenvalue weighted by Crippen LogP contribution is -2.57. The summed E-state index contributed by atoms with van der Waals surface area (Å²) in [6.45, 7) is 5.44. The Morgan fingerprint density at radius 3 is 2.05 bits per heavy atom. The second-order valence-corrected chi connectivity index (χ2v) is 8.70. The van der Waals surface area contributed by atoms with Crippen LogP contribution in [0.3, 0.4) is 0 Å². The largest absolute Gasteiger partial charge is 0.323 e. The van der Waals surface area contributed by atoms with Crippen LogP contribution in [-0.4, -0.2) is 48.0 Å². The minimum Gasteiger partial charge on any atom is -0.323 e. The molecule has 2 heterocycles. The third-order valence-corrected chi connectivity index (χ3v) is 6.30. The molecule has 2 aliphatic rings. The zero-order chi connectivity index (χ0) is 14.5. The van der Waals surface area contributed by atoms with Gasteiger partial charge in [-0.05, 0) is 33.6 Å². The molecule has 0 aromatic heterocycles. The van der Waals surface area contributed by atoms with Gasteiger partial charge in [-0.15, -0.1) is 0 Å². The van der Waals surface area contributed by atoms with E-state index in [1.165, 1.54) is 4.31 Å². The van der Waals surface area contributed by atoms with Gasteiger partial charge in [-0.2, -0.15) is 0 Å². The number of hydrogen-bond donors (Lipinski definition) is 2. The quantitative estimate of drug-likeness (QED) is 0.653. The van der Waals surface area contributed by atoms with Crippen molar-refractivity contribution in [3.63, 3.8) is 0 Å². The molecule has 0 atom stereocenters. The number of carbonyl (C=O) groups excluding carboxylic acids is 2. The maximum Gasteiger partial charge on any atom is 0.322 e. The molecule has 2 rings (SSSR count). The number of imide groups is 1. The number of piperidine rings is 1. The van der Waals surface area contributed by atoms with Crippen LogP contribution >= 0.6 is 0 Å². The second-order valence-electron chi connectivity index (χ2n) is 6.01. The van der Waals surface area contributed by atoms with Gasteiger partial charge in [0.1, 0.15) is 5.54 Å². The van der Waals surface area contributed by atoms with Crippen LogP contribution in [0.15, 0.2) is 0 Å². The Morgan fingerprint density at radius 2 is 1.68 bits per heavy atom. The number of nitrogens with one attached hydrogen (secondary N) is 2. The molecule has 7 nitrogen and oxygen atoms in total. The molecule has 2 N–H and O–H groups in total. The maximum absolute atomic E-state index is 12.3. The highest BCUT2D eigenvalue weighted by molar-refractivity contribution is 7.90. The highest BCUT2D eigenvalue weighted by Gasteiger charge is 2.50. The zero-order valence-electron chi connectivity index (χ0n) is 11.3. The summed E-state index contributed by atoms with van der Waals surface area (Å²) < 4.78 is 25.1. The van der Waals surface area contributed by atoms with Gasteiger partial charge in [0.05, 0.1) is 4.75 Å². The van der Waals surface area contributed by atoms with Crippen molar-refractivity contribution in [2.24, 2.45) is 0 Å². The topological polar surface area (TPSA) is 95.6 Å².